The van der Waals surface area contributed by atoms with Gasteiger partial charge in [0.1, 0.15) is 0 Å². The van der Waals surface area contributed by atoms with Gasteiger partial charge in [0.25, 0.3) is 0 Å². The van der Waals surface area contributed by atoms with E-state index in [4.69, 9.17) is 5.73 Å². The molecule has 1 saturated carbocycles. The van der Waals surface area contributed by atoms with Crippen LogP contribution in [0, 0.1) is 0 Å². The molecule has 106 valence electrons. The van der Waals surface area contributed by atoms with Crippen LogP contribution in [-0.4, -0.2) is 4.98 Å². The normalized spacial score (nSPS) is 17.4. The van der Waals surface area contributed by atoms with Gasteiger partial charge in [0.15, 0.2) is 5.13 Å². The summed E-state index contributed by atoms with van der Waals surface area (Å²) >= 11 is 1.57. The molecule has 1 aliphatic rings. The van der Waals surface area contributed by atoms with E-state index in [1.807, 2.05) is 0 Å². The van der Waals surface area contributed by atoms with Gasteiger partial charge in [-0.3, -0.25) is 0 Å². The van der Waals surface area contributed by atoms with E-state index in [1.165, 1.54) is 48.9 Å². The molecule has 2 N–H and O–H groups in total. The molecule has 2 aromatic rings. The Hall–Kier alpha value is -1.35. The van der Waals surface area contributed by atoms with Gasteiger partial charge in [0.05, 0.1) is 5.69 Å². The zero-order valence-corrected chi connectivity index (χ0v) is 12.9. The van der Waals surface area contributed by atoms with Gasteiger partial charge in [-0.25, -0.2) is 4.98 Å². The first-order chi connectivity index (χ1) is 9.74. The van der Waals surface area contributed by atoms with Crippen molar-refractivity contribution in [1.82, 2.24) is 4.98 Å². The number of aryl methyl sites for hydroxylation is 1. The fourth-order valence-electron chi connectivity index (χ4n) is 3.49. The van der Waals surface area contributed by atoms with Crippen molar-refractivity contribution >= 4 is 16.5 Å². The predicted molar refractivity (Wildman–Crippen MR) is 86.2 cm³/mol. The van der Waals surface area contributed by atoms with Crippen molar-refractivity contribution in [2.75, 3.05) is 5.73 Å². The number of nitrogens with zero attached hydrogens (tertiary/aromatic N) is 1. The van der Waals surface area contributed by atoms with Crippen molar-refractivity contribution in [1.29, 1.82) is 0 Å². The summed E-state index contributed by atoms with van der Waals surface area (Å²) in [6.07, 6.45) is 7.33. The van der Waals surface area contributed by atoms with Crippen LogP contribution in [0.25, 0.3) is 0 Å². The maximum absolute atomic E-state index is 5.87. The van der Waals surface area contributed by atoms with Crippen molar-refractivity contribution in [2.45, 2.75) is 50.9 Å². The van der Waals surface area contributed by atoms with Crippen molar-refractivity contribution < 1.29 is 0 Å². The second kappa shape index (κ2) is 5.57. The Morgan fingerprint density at radius 1 is 1.30 bits per heavy atom. The summed E-state index contributed by atoms with van der Waals surface area (Å²) in [7, 11) is 0. The number of nitrogen functional groups attached to an aromatic ring is 1. The van der Waals surface area contributed by atoms with Gasteiger partial charge in [-0.15, -0.1) is 11.3 Å². The molecule has 0 saturated heterocycles. The molecule has 0 atom stereocenters. The largest absolute Gasteiger partial charge is 0.375 e. The molecule has 0 spiro atoms. The lowest BCUT2D eigenvalue weighted by atomic mass is 9.76. The lowest BCUT2D eigenvalue weighted by molar-refractivity contribution is 0.521. The van der Waals surface area contributed by atoms with Crippen LogP contribution >= 0.6 is 11.3 Å². The number of thiazole rings is 1. The minimum Gasteiger partial charge on any atom is -0.375 e. The molecule has 0 radical (unpaired) electrons. The summed E-state index contributed by atoms with van der Waals surface area (Å²) in [6.45, 7) is 2.24. The summed E-state index contributed by atoms with van der Waals surface area (Å²) in [5.41, 5.74) is 10.0. The second-order valence-electron chi connectivity index (χ2n) is 5.81. The zero-order valence-electron chi connectivity index (χ0n) is 12.1. The Labute approximate surface area is 125 Å². The molecular weight excluding hydrogens is 264 g/mol. The fraction of sp³-hybridized carbons (Fsp3) is 0.471. The smallest absolute Gasteiger partial charge is 0.180 e. The molecule has 3 rings (SSSR count). The number of hydrogen-bond acceptors (Lipinski definition) is 3. The maximum atomic E-state index is 5.87. The maximum Gasteiger partial charge on any atom is 0.180 e. The van der Waals surface area contributed by atoms with E-state index in [1.54, 1.807) is 11.3 Å². The molecule has 0 aliphatic heterocycles. The van der Waals surface area contributed by atoms with E-state index in [-0.39, 0.29) is 5.41 Å². The van der Waals surface area contributed by atoms with Crippen molar-refractivity contribution in [3.8, 4) is 0 Å². The summed E-state index contributed by atoms with van der Waals surface area (Å²) in [6, 6.07) is 9.12. The minimum atomic E-state index is 0.109. The van der Waals surface area contributed by atoms with Gasteiger partial charge in [0.2, 0.25) is 0 Å². The van der Waals surface area contributed by atoms with E-state index in [2.05, 4.69) is 41.6 Å². The molecule has 1 aromatic heterocycles. The van der Waals surface area contributed by atoms with E-state index >= 15 is 0 Å². The Kier molecular flexibility index (Phi) is 3.79. The molecule has 1 heterocycles. The average molecular weight is 286 g/mol. The van der Waals surface area contributed by atoms with Gasteiger partial charge in [-0.2, -0.15) is 0 Å². The minimum absolute atomic E-state index is 0.109. The molecule has 0 amide bonds. The summed E-state index contributed by atoms with van der Waals surface area (Å²) in [5, 5.41) is 2.85. The van der Waals surface area contributed by atoms with E-state index < -0.39 is 0 Å². The van der Waals surface area contributed by atoms with E-state index in [9.17, 15) is 0 Å². The first-order valence-corrected chi connectivity index (χ1v) is 8.43. The molecular formula is C17H22N2S. The molecule has 1 aromatic carbocycles. The Morgan fingerprint density at radius 2 is 2.10 bits per heavy atom. The van der Waals surface area contributed by atoms with E-state index in [0.29, 0.717) is 5.13 Å². The Bertz CT molecular complexity index is 582. The molecule has 2 nitrogen and oxygen atoms in total. The van der Waals surface area contributed by atoms with Crippen LogP contribution in [0.15, 0.2) is 29.6 Å². The quantitative estimate of drug-likeness (QED) is 0.896. The first kappa shape index (κ1) is 13.6. The molecule has 20 heavy (non-hydrogen) atoms. The van der Waals surface area contributed by atoms with Crippen molar-refractivity contribution in [2.24, 2.45) is 0 Å². The highest BCUT2D eigenvalue weighted by molar-refractivity contribution is 7.13. The highest BCUT2D eigenvalue weighted by atomic mass is 32.1. The monoisotopic (exact) mass is 286 g/mol. The molecule has 1 fully saturated rings. The SMILES string of the molecule is CCCc1cccc(C2(c3csc(N)n3)CCCC2)c1. The van der Waals surface area contributed by atoms with Crippen LogP contribution in [0.5, 0.6) is 0 Å². The lowest BCUT2D eigenvalue weighted by Crippen LogP contribution is -2.24. The second-order valence-corrected chi connectivity index (χ2v) is 6.70. The third-order valence-electron chi connectivity index (χ3n) is 4.49. The van der Waals surface area contributed by atoms with Gasteiger partial charge in [-0.1, -0.05) is 50.5 Å². The standard InChI is InChI=1S/C17H22N2S/c1-2-6-13-7-5-8-14(11-13)17(9-3-4-10-17)15-12-20-16(18)19-15/h5,7-8,11-12H,2-4,6,9-10H2,1H3,(H2,18,19). The summed E-state index contributed by atoms with van der Waals surface area (Å²) < 4.78 is 0. The van der Waals surface area contributed by atoms with Crippen LogP contribution in [0.2, 0.25) is 0 Å². The molecule has 1 aliphatic carbocycles. The van der Waals surface area contributed by atoms with Crippen LogP contribution in [0.4, 0.5) is 5.13 Å². The van der Waals surface area contributed by atoms with Crippen LogP contribution in [0.1, 0.15) is 55.8 Å². The van der Waals surface area contributed by atoms with Gasteiger partial charge in [-0.05, 0) is 30.4 Å². The molecule has 0 bridgehead atoms. The summed E-state index contributed by atoms with van der Waals surface area (Å²) in [5.74, 6) is 0. The summed E-state index contributed by atoms with van der Waals surface area (Å²) in [4.78, 5) is 4.61. The number of benzene rings is 1. The number of aromatic nitrogens is 1. The number of anilines is 1. The fourth-order valence-corrected chi connectivity index (χ4v) is 4.15. The predicted octanol–water partition coefficient (Wildman–Crippen LogP) is 4.54. The Balaban J connectivity index is 2.04. The number of rotatable bonds is 4. The first-order valence-electron chi connectivity index (χ1n) is 7.55. The topological polar surface area (TPSA) is 38.9 Å². The van der Waals surface area contributed by atoms with Crippen LogP contribution in [0.3, 0.4) is 0 Å². The van der Waals surface area contributed by atoms with Gasteiger partial charge in [0, 0.05) is 10.8 Å². The number of hydrogen-bond donors (Lipinski definition) is 1. The van der Waals surface area contributed by atoms with E-state index in [0.717, 1.165) is 6.42 Å². The molecule has 3 heteroatoms. The zero-order chi connectivity index (χ0) is 14.0. The number of nitrogens with two attached hydrogens (primary N) is 1. The molecule has 0 unspecified atom stereocenters. The van der Waals surface area contributed by atoms with Crippen molar-refractivity contribution in [3.63, 3.8) is 0 Å². The van der Waals surface area contributed by atoms with Crippen molar-refractivity contribution in [3.05, 3.63) is 46.5 Å². The Morgan fingerprint density at radius 3 is 2.75 bits per heavy atom. The van der Waals surface area contributed by atoms with Crippen LogP contribution in [-0.2, 0) is 11.8 Å². The third-order valence-corrected chi connectivity index (χ3v) is 5.16. The highest BCUT2D eigenvalue weighted by Gasteiger charge is 2.39. The lowest BCUT2D eigenvalue weighted by Gasteiger charge is -2.28. The average Bonchev–Trinajstić information content (AvgIpc) is 3.09. The van der Waals surface area contributed by atoms with Gasteiger partial charge < -0.3 is 5.73 Å². The van der Waals surface area contributed by atoms with Gasteiger partial charge >= 0.3 is 0 Å². The third kappa shape index (κ3) is 2.35. The van der Waals surface area contributed by atoms with Crippen LogP contribution < -0.4 is 5.73 Å². The highest BCUT2D eigenvalue weighted by Crippen LogP contribution is 2.46.